The number of rotatable bonds is 4. The van der Waals surface area contributed by atoms with Crippen molar-refractivity contribution in [3.05, 3.63) is 48.7 Å². The number of aromatic nitrogens is 1. The predicted molar refractivity (Wildman–Crippen MR) is 95.0 cm³/mol. The third kappa shape index (κ3) is 2.50. The Hall–Kier alpha value is -1.91. The van der Waals surface area contributed by atoms with Crippen LogP contribution in [-0.4, -0.2) is 41.2 Å². The van der Waals surface area contributed by atoms with Crippen LogP contribution in [0.25, 0.3) is 10.9 Å². The van der Waals surface area contributed by atoms with Crippen molar-refractivity contribution in [1.29, 1.82) is 0 Å². The largest absolute Gasteiger partial charge is 0.497 e. The van der Waals surface area contributed by atoms with Gasteiger partial charge < -0.3 is 9.84 Å². The van der Waals surface area contributed by atoms with Gasteiger partial charge in [0, 0.05) is 24.2 Å². The quantitative estimate of drug-likeness (QED) is 0.878. The third-order valence-electron chi connectivity index (χ3n) is 5.82. The molecular formula is C20H24N2O2. The highest BCUT2D eigenvalue weighted by atomic mass is 16.5. The summed E-state index contributed by atoms with van der Waals surface area (Å²) in [5.41, 5.74) is 1.85. The van der Waals surface area contributed by atoms with Crippen LogP contribution >= 0.6 is 0 Å². The molecule has 2 aromatic rings. The molecule has 1 N–H and O–H groups in total. The number of methoxy groups -OCH3 is 1. The Bertz CT molecular complexity index is 760. The lowest BCUT2D eigenvalue weighted by Crippen LogP contribution is -2.54. The second kappa shape index (κ2) is 6.19. The van der Waals surface area contributed by atoms with Gasteiger partial charge in [0.2, 0.25) is 0 Å². The van der Waals surface area contributed by atoms with E-state index in [1.807, 2.05) is 24.3 Å². The van der Waals surface area contributed by atoms with Crippen LogP contribution in [0.4, 0.5) is 0 Å². The summed E-state index contributed by atoms with van der Waals surface area (Å²) < 4.78 is 5.35. The smallest absolute Gasteiger partial charge is 0.119 e. The van der Waals surface area contributed by atoms with Crippen molar-refractivity contribution in [1.82, 2.24) is 9.88 Å². The zero-order valence-electron chi connectivity index (χ0n) is 14.1. The summed E-state index contributed by atoms with van der Waals surface area (Å²) in [6.07, 6.45) is 5.62. The molecule has 3 aliphatic rings. The molecule has 3 saturated heterocycles. The van der Waals surface area contributed by atoms with Gasteiger partial charge in [-0.25, -0.2) is 0 Å². The maximum Gasteiger partial charge on any atom is 0.119 e. The topological polar surface area (TPSA) is 45.6 Å². The number of ether oxygens (including phenoxy) is 1. The highest BCUT2D eigenvalue weighted by molar-refractivity contribution is 5.83. The number of piperidine rings is 3. The summed E-state index contributed by atoms with van der Waals surface area (Å²) in [4.78, 5) is 6.86. The first kappa shape index (κ1) is 15.6. The molecule has 0 amide bonds. The first-order valence-electron chi connectivity index (χ1n) is 8.68. The summed E-state index contributed by atoms with van der Waals surface area (Å²) >= 11 is 0. The van der Waals surface area contributed by atoms with E-state index in [1.54, 1.807) is 13.3 Å². The molecule has 0 spiro atoms. The van der Waals surface area contributed by atoms with Crippen LogP contribution in [0.3, 0.4) is 0 Å². The predicted octanol–water partition coefficient (Wildman–Crippen LogP) is 3.17. The van der Waals surface area contributed by atoms with Gasteiger partial charge in [-0.15, -0.1) is 6.58 Å². The molecule has 3 fully saturated rings. The number of nitrogens with zero attached hydrogens (tertiary/aromatic N) is 2. The van der Waals surface area contributed by atoms with Crippen molar-refractivity contribution in [3.8, 4) is 5.75 Å². The van der Waals surface area contributed by atoms with Crippen molar-refractivity contribution in [2.75, 3.05) is 20.2 Å². The van der Waals surface area contributed by atoms with Gasteiger partial charge in [0.05, 0.1) is 18.7 Å². The molecular weight excluding hydrogens is 300 g/mol. The van der Waals surface area contributed by atoms with Crippen molar-refractivity contribution in [2.24, 2.45) is 11.8 Å². The van der Waals surface area contributed by atoms with Gasteiger partial charge in [-0.05, 0) is 61.1 Å². The summed E-state index contributed by atoms with van der Waals surface area (Å²) in [6, 6.07) is 7.96. The van der Waals surface area contributed by atoms with E-state index in [9.17, 15) is 5.11 Å². The molecule has 0 radical (unpaired) electrons. The molecule has 24 heavy (non-hydrogen) atoms. The standard InChI is InChI=1S/C20H24N2O2/c1-3-13-12-22-9-7-14(13)10-19(22)20(23)16-6-8-21-18-5-4-15(24-2)11-17(16)18/h3-6,8,11,13-14,19-20,23H,1,7,9-10,12H2,2H3/t13-,14?,19+,20?/m1/s1. The van der Waals surface area contributed by atoms with E-state index < -0.39 is 6.10 Å². The van der Waals surface area contributed by atoms with Gasteiger partial charge in [0.25, 0.3) is 0 Å². The number of benzene rings is 1. The fourth-order valence-electron chi connectivity index (χ4n) is 4.44. The lowest BCUT2D eigenvalue weighted by molar-refractivity contribution is -0.0444. The molecule has 1 aromatic heterocycles. The van der Waals surface area contributed by atoms with E-state index in [4.69, 9.17) is 4.74 Å². The van der Waals surface area contributed by atoms with Crippen LogP contribution in [0.2, 0.25) is 0 Å². The van der Waals surface area contributed by atoms with E-state index in [-0.39, 0.29) is 6.04 Å². The first-order chi connectivity index (χ1) is 11.7. The number of aliphatic hydroxyl groups excluding tert-OH is 1. The van der Waals surface area contributed by atoms with Gasteiger partial charge in [0.15, 0.2) is 0 Å². The first-order valence-corrected chi connectivity index (χ1v) is 8.68. The molecule has 4 heteroatoms. The monoisotopic (exact) mass is 324 g/mol. The average molecular weight is 324 g/mol. The number of aliphatic hydroxyl groups is 1. The number of hydrogen-bond donors (Lipinski definition) is 1. The Balaban J connectivity index is 1.69. The number of pyridine rings is 1. The Morgan fingerprint density at radius 1 is 1.42 bits per heavy atom. The van der Waals surface area contributed by atoms with Gasteiger partial charge in [-0.1, -0.05) is 6.08 Å². The van der Waals surface area contributed by atoms with E-state index in [0.717, 1.165) is 41.7 Å². The molecule has 3 unspecified atom stereocenters. The number of hydrogen-bond acceptors (Lipinski definition) is 4. The fourth-order valence-corrected chi connectivity index (χ4v) is 4.44. The highest BCUT2D eigenvalue weighted by Gasteiger charge is 2.42. The van der Waals surface area contributed by atoms with Crippen LogP contribution in [0.5, 0.6) is 5.75 Å². The molecule has 3 aliphatic heterocycles. The van der Waals surface area contributed by atoms with E-state index in [2.05, 4.69) is 22.5 Å². The van der Waals surface area contributed by atoms with Crippen molar-refractivity contribution < 1.29 is 9.84 Å². The summed E-state index contributed by atoms with van der Waals surface area (Å²) in [7, 11) is 1.66. The van der Waals surface area contributed by atoms with Crippen LogP contribution in [-0.2, 0) is 0 Å². The second-order valence-corrected chi connectivity index (χ2v) is 6.97. The molecule has 1 aromatic carbocycles. The molecule has 4 nitrogen and oxygen atoms in total. The van der Waals surface area contributed by atoms with Crippen LogP contribution in [0.1, 0.15) is 24.5 Å². The summed E-state index contributed by atoms with van der Waals surface area (Å²) in [6.45, 7) is 6.07. The molecule has 2 bridgehead atoms. The molecule has 4 heterocycles. The lowest BCUT2D eigenvalue weighted by atomic mass is 9.73. The van der Waals surface area contributed by atoms with Crippen LogP contribution in [0, 0.1) is 11.8 Å². The Kier molecular flexibility index (Phi) is 4.02. The lowest BCUT2D eigenvalue weighted by Gasteiger charge is -2.50. The zero-order valence-corrected chi connectivity index (χ0v) is 14.1. The number of fused-ring (bicyclic) bond motifs is 4. The molecule has 0 aliphatic carbocycles. The van der Waals surface area contributed by atoms with Gasteiger partial charge in [-0.2, -0.15) is 0 Å². The SMILES string of the molecule is C=C[C@@H]1CN2CCC1C[C@H]2C(O)c1ccnc2ccc(OC)cc12. The zero-order chi connectivity index (χ0) is 16.7. The Morgan fingerprint density at radius 3 is 3.00 bits per heavy atom. The highest BCUT2D eigenvalue weighted by Crippen LogP contribution is 2.42. The normalized spacial score (nSPS) is 30.2. The van der Waals surface area contributed by atoms with E-state index in [0.29, 0.717) is 11.8 Å². The van der Waals surface area contributed by atoms with Gasteiger partial charge in [0.1, 0.15) is 5.75 Å². The van der Waals surface area contributed by atoms with Crippen molar-refractivity contribution >= 4 is 10.9 Å². The average Bonchev–Trinajstić information content (AvgIpc) is 2.66. The Morgan fingerprint density at radius 2 is 2.29 bits per heavy atom. The second-order valence-electron chi connectivity index (χ2n) is 6.97. The van der Waals surface area contributed by atoms with E-state index in [1.165, 1.54) is 6.42 Å². The minimum absolute atomic E-state index is 0.178. The molecule has 126 valence electrons. The maximum atomic E-state index is 11.2. The summed E-state index contributed by atoms with van der Waals surface area (Å²) in [5.74, 6) is 2.01. The minimum atomic E-state index is -0.504. The molecule has 0 saturated carbocycles. The fraction of sp³-hybridized carbons (Fsp3) is 0.450. The summed E-state index contributed by atoms with van der Waals surface area (Å²) in [5, 5.41) is 12.1. The third-order valence-corrected chi connectivity index (χ3v) is 5.82. The minimum Gasteiger partial charge on any atom is -0.497 e. The van der Waals surface area contributed by atoms with Crippen molar-refractivity contribution in [2.45, 2.75) is 25.0 Å². The van der Waals surface area contributed by atoms with Crippen LogP contribution in [0.15, 0.2) is 43.1 Å². The molecule has 5 atom stereocenters. The molecule has 5 rings (SSSR count). The Labute approximate surface area is 142 Å². The maximum absolute atomic E-state index is 11.2. The van der Waals surface area contributed by atoms with Gasteiger partial charge >= 0.3 is 0 Å². The van der Waals surface area contributed by atoms with Crippen LogP contribution < -0.4 is 4.74 Å². The van der Waals surface area contributed by atoms with E-state index >= 15 is 0 Å². The van der Waals surface area contributed by atoms with Gasteiger partial charge in [-0.3, -0.25) is 9.88 Å². The van der Waals surface area contributed by atoms with Crippen molar-refractivity contribution in [3.63, 3.8) is 0 Å².